The minimum Gasteiger partial charge on any atom is -0.399 e. The van der Waals surface area contributed by atoms with Crippen LogP contribution in [0.2, 0.25) is 0 Å². The van der Waals surface area contributed by atoms with Crippen LogP contribution in [0.3, 0.4) is 0 Å². The zero-order valence-electron chi connectivity index (χ0n) is 10.0. The molecule has 2 nitrogen and oxygen atoms in total. The van der Waals surface area contributed by atoms with Gasteiger partial charge in [0.05, 0.1) is 0 Å². The highest BCUT2D eigenvalue weighted by Gasteiger charge is 2.04. The Balaban J connectivity index is 2.31. The first-order chi connectivity index (χ1) is 8.06. The first kappa shape index (κ1) is 11.9. The van der Waals surface area contributed by atoms with Gasteiger partial charge in [-0.15, -0.1) is 0 Å². The molecule has 17 heavy (non-hydrogen) atoms. The summed E-state index contributed by atoms with van der Waals surface area (Å²) >= 11 is 1.75. The molecule has 4 N–H and O–H groups in total. The summed E-state index contributed by atoms with van der Waals surface area (Å²) in [5, 5.41) is 0. The largest absolute Gasteiger partial charge is 0.399 e. The van der Waals surface area contributed by atoms with Crippen LogP contribution in [0.1, 0.15) is 11.1 Å². The predicted octanol–water partition coefficient (Wildman–Crippen LogP) is 3.62. The Morgan fingerprint density at radius 1 is 0.765 bits per heavy atom. The van der Waals surface area contributed by atoms with E-state index in [1.54, 1.807) is 11.8 Å². The van der Waals surface area contributed by atoms with Gasteiger partial charge < -0.3 is 11.5 Å². The monoisotopic (exact) mass is 244 g/mol. The van der Waals surface area contributed by atoms with Crippen molar-refractivity contribution in [3.8, 4) is 0 Å². The maximum Gasteiger partial charge on any atom is 0.0317 e. The van der Waals surface area contributed by atoms with Crippen LogP contribution in [0.15, 0.2) is 46.2 Å². The number of anilines is 2. The molecule has 88 valence electrons. The molecule has 0 aromatic heterocycles. The highest BCUT2D eigenvalue weighted by atomic mass is 32.2. The minimum absolute atomic E-state index is 0.806. The summed E-state index contributed by atoms with van der Waals surface area (Å²) in [5.74, 6) is 0. The van der Waals surface area contributed by atoms with Crippen molar-refractivity contribution >= 4 is 23.1 Å². The third-order valence-electron chi connectivity index (χ3n) is 2.62. The van der Waals surface area contributed by atoms with Crippen molar-refractivity contribution < 1.29 is 0 Å². The maximum atomic E-state index is 5.74. The SMILES string of the molecule is Cc1cc(N)ccc1Sc1ccc(N)cc1C. The van der Waals surface area contributed by atoms with E-state index >= 15 is 0 Å². The summed E-state index contributed by atoms with van der Waals surface area (Å²) < 4.78 is 0. The standard InChI is InChI=1S/C14H16N2S/c1-9-7-11(15)3-5-13(9)17-14-6-4-12(16)8-10(14)2/h3-8H,15-16H2,1-2H3. The first-order valence-corrected chi connectivity index (χ1v) is 6.28. The fourth-order valence-electron chi connectivity index (χ4n) is 1.69. The molecule has 0 radical (unpaired) electrons. The summed E-state index contributed by atoms with van der Waals surface area (Å²) in [6, 6.07) is 12.0. The number of hydrogen-bond donors (Lipinski definition) is 2. The van der Waals surface area contributed by atoms with Gasteiger partial charge in [-0.1, -0.05) is 11.8 Å². The number of nitrogen functional groups attached to an aromatic ring is 2. The van der Waals surface area contributed by atoms with Crippen LogP contribution in [-0.4, -0.2) is 0 Å². The fourth-order valence-corrected chi connectivity index (χ4v) is 2.64. The Morgan fingerprint density at radius 3 is 1.53 bits per heavy atom. The van der Waals surface area contributed by atoms with Gasteiger partial charge >= 0.3 is 0 Å². The summed E-state index contributed by atoms with van der Waals surface area (Å²) in [4.78, 5) is 2.46. The Hall–Kier alpha value is -1.61. The summed E-state index contributed by atoms with van der Waals surface area (Å²) in [6.07, 6.45) is 0. The molecule has 0 aliphatic rings. The van der Waals surface area contributed by atoms with E-state index < -0.39 is 0 Å². The number of nitrogens with two attached hydrogens (primary N) is 2. The molecule has 0 atom stereocenters. The highest BCUT2D eigenvalue weighted by Crippen LogP contribution is 2.33. The molecule has 0 bridgehead atoms. The van der Waals surface area contributed by atoms with Gasteiger partial charge in [-0.05, 0) is 61.4 Å². The van der Waals surface area contributed by atoms with E-state index in [0.29, 0.717) is 0 Å². The number of hydrogen-bond acceptors (Lipinski definition) is 3. The molecule has 2 aromatic rings. The van der Waals surface area contributed by atoms with E-state index in [2.05, 4.69) is 26.0 Å². The molecule has 0 spiro atoms. The van der Waals surface area contributed by atoms with Gasteiger partial charge in [-0.25, -0.2) is 0 Å². The van der Waals surface area contributed by atoms with E-state index in [1.807, 2.05) is 24.3 Å². The van der Waals surface area contributed by atoms with Crippen LogP contribution in [0, 0.1) is 13.8 Å². The normalized spacial score (nSPS) is 10.5. The van der Waals surface area contributed by atoms with E-state index in [1.165, 1.54) is 20.9 Å². The van der Waals surface area contributed by atoms with Crippen LogP contribution in [0.4, 0.5) is 11.4 Å². The van der Waals surface area contributed by atoms with E-state index in [0.717, 1.165) is 11.4 Å². The van der Waals surface area contributed by atoms with Gasteiger partial charge in [0.1, 0.15) is 0 Å². The molecule has 0 aliphatic heterocycles. The molecule has 3 heteroatoms. The first-order valence-electron chi connectivity index (χ1n) is 5.46. The fraction of sp³-hybridized carbons (Fsp3) is 0.143. The molecule has 0 unspecified atom stereocenters. The maximum absolute atomic E-state index is 5.74. The second kappa shape index (κ2) is 4.72. The topological polar surface area (TPSA) is 52.0 Å². The molecular weight excluding hydrogens is 228 g/mol. The molecule has 2 aromatic carbocycles. The Morgan fingerprint density at radius 2 is 1.18 bits per heavy atom. The molecule has 0 aliphatic carbocycles. The van der Waals surface area contributed by atoms with Crippen molar-refractivity contribution in [2.24, 2.45) is 0 Å². The lowest BCUT2D eigenvalue weighted by Crippen LogP contribution is -1.89. The molecule has 0 saturated heterocycles. The third-order valence-corrected chi connectivity index (χ3v) is 3.97. The Kier molecular flexibility index (Phi) is 3.29. The van der Waals surface area contributed by atoms with Gasteiger partial charge in [0, 0.05) is 21.2 Å². The van der Waals surface area contributed by atoms with Gasteiger partial charge in [0.15, 0.2) is 0 Å². The van der Waals surface area contributed by atoms with Crippen molar-refractivity contribution in [3.05, 3.63) is 47.5 Å². The average molecular weight is 244 g/mol. The van der Waals surface area contributed by atoms with Crippen LogP contribution in [0.5, 0.6) is 0 Å². The molecule has 0 amide bonds. The molecule has 2 rings (SSSR count). The quantitative estimate of drug-likeness (QED) is 0.793. The van der Waals surface area contributed by atoms with E-state index in [-0.39, 0.29) is 0 Å². The zero-order valence-corrected chi connectivity index (χ0v) is 10.8. The van der Waals surface area contributed by atoms with Crippen molar-refractivity contribution in [2.75, 3.05) is 11.5 Å². The van der Waals surface area contributed by atoms with Crippen molar-refractivity contribution in [3.63, 3.8) is 0 Å². The summed E-state index contributed by atoms with van der Waals surface area (Å²) in [5.41, 5.74) is 15.5. The van der Waals surface area contributed by atoms with Crippen LogP contribution in [0.25, 0.3) is 0 Å². The smallest absolute Gasteiger partial charge is 0.0317 e. The Bertz CT molecular complexity index is 500. The molecule has 0 heterocycles. The predicted molar refractivity (Wildman–Crippen MR) is 75.3 cm³/mol. The second-order valence-electron chi connectivity index (χ2n) is 4.15. The minimum atomic E-state index is 0.806. The average Bonchev–Trinajstić information content (AvgIpc) is 2.25. The molecule has 0 fully saturated rings. The van der Waals surface area contributed by atoms with Gasteiger partial charge in [-0.3, -0.25) is 0 Å². The number of aryl methyl sites for hydroxylation is 2. The van der Waals surface area contributed by atoms with E-state index in [4.69, 9.17) is 11.5 Å². The molecular formula is C14H16N2S. The van der Waals surface area contributed by atoms with Gasteiger partial charge in [-0.2, -0.15) is 0 Å². The lowest BCUT2D eigenvalue weighted by Gasteiger charge is -2.09. The Labute approximate surface area is 106 Å². The van der Waals surface area contributed by atoms with Crippen molar-refractivity contribution in [1.29, 1.82) is 0 Å². The number of rotatable bonds is 2. The van der Waals surface area contributed by atoms with Crippen molar-refractivity contribution in [1.82, 2.24) is 0 Å². The van der Waals surface area contributed by atoms with Crippen LogP contribution in [-0.2, 0) is 0 Å². The lowest BCUT2D eigenvalue weighted by molar-refractivity contribution is 1.26. The third kappa shape index (κ3) is 2.74. The van der Waals surface area contributed by atoms with Crippen molar-refractivity contribution in [2.45, 2.75) is 23.6 Å². The van der Waals surface area contributed by atoms with Crippen LogP contribution >= 0.6 is 11.8 Å². The van der Waals surface area contributed by atoms with Gasteiger partial charge in [0.2, 0.25) is 0 Å². The zero-order chi connectivity index (χ0) is 12.4. The lowest BCUT2D eigenvalue weighted by atomic mass is 10.2. The highest BCUT2D eigenvalue weighted by molar-refractivity contribution is 7.99. The second-order valence-corrected chi connectivity index (χ2v) is 5.24. The number of benzene rings is 2. The van der Waals surface area contributed by atoms with Crippen LogP contribution < -0.4 is 11.5 Å². The summed E-state index contributed by atoms with van der Waals surface area (Å²) in [7, 11) is 0. The van der Waals surface area contributed by atoms with Gasteiger partial charge in [0.25, 0.3) is 0 Å². The van der Waals surface area contributed by atoms with E-state index in [9.17, 15) is 0 Å². The molecule has 0 saturated carbocycles. The summed E-state index contributed by atoms with van der Waals surface area (Å²) in [6.45, 7) is 4.15.